The Morgan fingerprint density at radius 2 is 2.12 bits per heavy atom. The van der Waals surface area contributed by atoms with Crippen molar-refractivity contribution in [2.75, 3.05) is 13.1 Å². The summed E-state index contributed by atoms with van der Waals surface area (Å²) in [5, 5.41) is 3.58. The summed E-state index contributed by atoms with van der Waals surface area (Å²) in [6.07, 6.45) is 5.73. The van der Waals surface area contributed by atoms with E-state index in [0.717, 1.165) is 5.92 Å². The van der Waals surface area contributed by atoms with E-state index in [1.165, 1.54) is 44.3 Å². The molecule has 0 amide bonds. The Labute approximate surface area is 98.3 Å². The average Bonchev–Trinajstić information content (AvgIpc) is 2.27. The lowest BCUT2D eigenvalue weighted by atomic mass is 9.56. The van der Waals surface area contributed by atoms with Crippen molar-refractivity contribution in [3.05, 3.63) is 35.4 Å². The van der Waals surface area contributed by atoms with Crippen LogP contribution in [0.3, 0.4) is 0 Å². The van der Waals surface area contributed by atoms with Crippen molar-refractivity contribution in [3.63, 3.8) is 0 Å². The van der Waals surface area contributed by atoms with Gasteiger partial charge < -0.3 is 5.32 Å². The summed E-state index contributed by atoms with van der Waals surface area (Å²) >= 11 is 0. The van der Waals surface area contributed by atoms with Gasteiger partial charge in [-0.2, -0.15) is 0 Å². The average molecular weight is 215 g/mol. The van der Waals surface area contributed by atoms with Crippen molar-refractivity contribution >= 4 is 0 Å². The summed E-state index contributed by atoms with van der Waals surface area (Å²) in [6, 6.07) is 9.13. The minimum absolute atomic E-state index is 0.652. The lowest BCUT2D eigenvalue weighted by Gasteiger charge is -2.51. The number of hydrogen-bond acceptors (Lipinski definition) is 1. The van der Waals surface area contributed by atoms with Crippen LogP contribution in [0.5, 0.6) is 0 Å². The molecule has 1 aliphatic carbocycles. The van der Waals surface area contributed by atoms with E-state index in [9.17, 15) is 0 Å². The first-order valence-corrected chi connectivity index (χ1v) is 6.57. The maximum Gasteiger partial charge on any atom is 0.00255 e. The highest BCUT2D eigenvalue weighted by Gasteiger charge is 2.45. The van der Waals surface area contributed by atoms with E-state index in [-0.39, 0.29) is 0 Å². The first-order chi connectivity index (χ1) is 7.80. The van der Waals surface area contributed by atoms with Gasteiger partial charge in [0, 0.05) is 12.5 Å². The molecule has 3 rings (SSSR count). The van der Waals surface area contributed by atoms with Gasteiger partial charge in [-0.15, -0.1) is 0 Å². The molecule has 1 aromatic rings. The summed E-state index contributed by atoms with van der Waals surface area (Å²) in [7, 11) is 0. The minimum Gasteiger partial charge on any atom is -0.316 e. The van der Waals surface area contributed by atoms with Crippen LogP contribution in [0.4, 0.5) is 0 Å². The molecule has 2 aliphatic rings. The van der Waals surface area contributed by atoms with Crippen LogP contribution >= 0.6 is 0 Å². The predicted octanol–water partition coefficient (Wildman–Crippen LogP) is 3.24. The number of hydrogen-bond donors (Lipinski definition) is 1. The van der Waals surface area contributed by atoms with Crippen LogP contribution in [0.15, 0.2) is 24.3 Å². The summed E-state index contributed by atoms with van der Waals surface area (Å²) < 4.78 is 0. The molecule has 1 aliphatic heterocycles. The van der Waals surface area contributed by atoms with Gasteiger partial charge in [-0.05, 0) is 43.7 Å². The van der Waals surface area contributed by atoms with Gasteiger partial charge in [-0.3, -0.25) is 0 Å². The lowest BCUT2D eigenvalue weighted by Crippen LogP contribution is -2.47. The number of aryl methyl sites for hydroxylation is 1. The third-order valence-corrected chi connectivity index (χ3v) is 4.68. The van der Waals surface area contributed by atoms with Crippen molar-refractivity contribution in [1.29, 1.82) is 0 Å². The van der Waals surface area contributed by atoms with E-state index >= 15 is 0 Å². The fourth-order valence-electron chi connectivity index (χ4n) is 3.56. The Hall–Kier alpha value is -0.820. The molecule has 1 unspecified atom stereocenters. The normalized spacial score (nSPS) is 27.7. The second-order valence-corrected chi connectivity index (χ2v) is 5.64. The summed E-state index contributed by atoms with van der Waals surface area (Å²) in [6.45, 7) is 4.61. The van der Waals surface area contributed by atoms with Gasteiger partial charge >= 0.3 is 0 Å². The fourth-order valence-corrected chi connectivity index (χ4v) is 3.56. The van der Waals surface area contributed by atoms with Crippen molar-refractivity contribution in [3.8, 4) is 0 Å². The Morgan fingerprint density at radius 3 is 2.81 bits per heavy atom. The molecular formula is C15H21N. The topological polar surface area (TPSA) is 12.0 Å². The molecular weight excluding hydrogens is 194 g/mol. The van der Waals surface area contributed by atoms with Crippen LogP contribution in [0.25, 0.3) is 0 Å². The van der Waals surface area contributed by atoms with Gasteiger partial charge in [-0.25, -0.2) is 0 Å². The molecule has 1 N–H and O–H groups in total. The summed E-state index contributed by atoms with van der Waals surface area (Å²) in [5.41, 5.74) is 3.61. The molecule has 1 saturated carbocycles. The van der Waals surface area contributed by atoms with Crippen LogP contribution in [0, 0.1) is 12.3 Å². The first-order valence-electron chi connectivity index (χ1n) is 6.57. The van der Waals surface area contributed by atoms with Gasteiger partial charge in [-0.1, -0.05) is 36.2 Å². The van der Waals surface area contributed by atoms with Crippen molar-refractivity contribution in [2.24, 2.45) is 5.41 Å². The maximum absolute atomic E-state index is 3.58. The highest BCUT2D eigenvalue weighted by Crippen LogP contribution is 2.54. The van der Waals surface area contributed by atoms with Crippen molar-refractivity contribution < 1.29 is 0 Å². The van der Waals surface area contributed by atoms with Crippen LogP contribution in [0.2, 0.25) is 0 Å². The smallest absolute Gasteiger partial charge is 0.00255 e. The van der Waals surface area contributed by atoms with Gasteiger partial charge in [0.05, 0.1) is 0 Å². The van der Waals surface area contributed by atoms with Crippen molar-refractivity contribution in [2.45, 2.75) is 38.5 Å². The Balaban J connectivity index is 1.92. The standard InChI is InChI=1S/C15H21N/c1-12-4-2-5-13(10-12)14-11-16-9-8-15(14)6-3-7-15/h2,4-5,10,14,16H,3,6-9,11H2,1H3. The Kier molecular flexibility index (Phi) is 2.51. The summed E-state index contributed by atoms with van der Waals surface area (Å²) in [5.74, 6) is 0.759. The van der Waals surface area contributed by atoms with Crippen LogP contribution < -0.4 is 5.32 Å². The fraction of sp³-hybridized carbons (Fsp3) is 0.600. The monoisotopic (exact) mass is 215 g/mol. The van der Waals surface area contributed by atoms with Crippen LogP contribution in [0.1, 0.15) is 42.7 Å². The minimum atomic E-state index is 0.652. The summed E-state index contributed by atoms with van der Waals surface area (Å²) in [4.78, 5) is 0. The van der Waals surface area contributed by atoms with E-state index in [1.807, 2.05) is 0 Å². The van der Waals surface area contributed by atoms with Crippen molar-refractivity contribution in [1.82, 2.24) is 5.32 Å². The zero-order valence-electron chi connectivity index (χ0n) is 10.1. The molecule has 1 nitrogen and oxygen atoms in total. The van der Waals surface area contributed by atoms with Gasteiger partial charge in [0.1, 0.15) is 0 Å². The Bertz CT molecular complexity index is 379. The Morgan fingerprint density at radius 1 is 1.25 bits per heavy atom. The number of nitrogens with one attached hydrogen (secondary N) is 1. The third kappa shape index (κ3) is 1.58. The van der Waals surface area contributed by atoms with E-state index in [0.29, 0.717) is 5.41 Å². The lowest BCUT2D eigenvalue weighted by molar-refractivity contribution is 0.0580. The molecule has 86 valence electrons. The molecule has 1 heteroatoms. The van der Waals surface area contributed by atoms with E-state index in [1.54, 1.807) is 5.56 Å². The molecule has 1 spiro atoms. The molecule has 1 heterocycles. The predicted molar refractivity (Wildman–Crippen MR) is 67.7 cm³/mol. The number of piperidine rings is 1. The molecule has 0 radical (unpaired) electrons. The van der Waals surface area contributed by atoms with Gasteiger partial charge in [0.15, 0.2) is 0 Å². The molecule has 1 atom stereocenters. The molecule has 16 heavy (non-hydrogen) atoms. The second kappa shape index (κ2) is 3.89. The zero-order valence-corrected chi connectivity index (χ0v) is 10.1. The number of rotatable bonds is 1. The largest absolute Gasteiger partial charge is 0.316 e. The second-order valence-electron chi connectivity index (χ2n) is 5.64. The first kappa shape index (κ1) is 10.3. The number of benzene rings is 1. The quantitative estimate of drug-likeness (QED) is 0.758. The molecule has 1 aromatic carbocycles. The van der Waals surface area contributed by atoms with E-state index < -0.39 is 0 Å². The van der Waals surface area contributed by atoms with Gasteiger partial charge in [0.2, 0.25) is 0 Å². The SMILES string of the molecule is Cc1cccc(C2CNCCC23CCC3)c1. The van der Waals surface area contributed by atoms with Crippen LogP contribution in [-0.2, 0) is 0 Å². The molecule has 0 aromatic heterocycles. The zero-order chi connectivity index (χ0) is 11.0. The molecule has 0 bridgehead atoms. The highest BCUT2D eigenvalue weighted by atomic mass is 14.9. The molecule has 1 saturated heterocycles. The van der Waals surface area contributed by atoms with E-state index in [2.05, 4.69) is 36.5 Å². The van der Waals surface area contributed by atoms with Crippen LogP contribution in [-0.4, -0.2) is 13.1 Å². The molecule has 2 fully saturated rings. The highest BCUT2D eigenvalue weighted by molar-refractivity contribution is 5.29. The van der Waals surface area contributed by atoms with Gasteiger partial charge in [0.25, 0.3) is 0 Å². The maximum atomic E-state index is 3.58. The van der Waals surface area contributed by atoms with E-state index in [4.69, 9.17) is 0 Å². The third-order valence-electron chi connectivity index (χ3n) is 4.68.